The average molecular weight is 514 g/mol. The lowest BCUT2D eigenvalue weighted by molar-refractivity contribution is 0.975. The minimum Gasteiger partial charge on any atom is -0.338 e. The van der Waals surface area contributed by atoms with Gasteiger partial charge in [0.05, 0.1) is 28.1 Å². The highest BCUT2D eigenvalue weighted by Gasteiger charge is 2.29. The van der Waals surface area contributed by atoms with Crippen molar-refractivity contribution in [2.75, 3.05) is 11.4 Å². The third kappa shape index (κ3) is 3.41. The molecular formula is C37H27N3. The van der Waals surface area contributed by atoms with Gasteiger partial charge < -0.3 is 4.90 Å². The summed E-state index contributed by atoms with van der Waals surface area (Å²) in [7, 11) is 0. The van der Waals surface area contributed by atoms with E-state index in [1.54, 1.807) is 0 Å². The van der Waals surface area contributed by atoms with Crippen LogP contribution >= 0.6 is 0 Å². The zero-order chi connectivity index (χ0) is 26.6. The minimum atomic E-state index is 0.865. The summed E-state index contributed by atoms with van der Waals surface area (Å²) < 4.78 is 2.36. The van der Waals surface area contributed by atoms with Gasteiger partial charge >= 0.3 is 0 Å². The van der Waals surface area contributed by atoms with Crippen molar-refractivity contribution in [2.45, 2.75) is 6.92 Å². The molecule has 3 heteroatoms. The van der Waals surface area contributed by atoms with Gasteiger partial charge in [0.25, 0.3) is 0 Å². The molecule has 0 spiro atoms. The monoisotopic (exact) mass is 513 g/mol. The van der Waals surface area contributed by atoms with E-state index in [4.69, 9.17) is 4.98 Å². The number of anilines is 2. The van der Waals surface area contributed by atoms with E-state index in [0.717, 1.165) is 29.1 Å². The van der Waals surface area contributed by atoms with Crippen molar-refractivity contribution in [1.29, 1.82) is 0 Å². The first-order chi connectivity index (χ1) is 19.8. The van der Waals surface area contributed by atoms with E-state index in [1.165, 1.54) is 49.9 Å². The number of imidazole rings is 1. The highest BCUT2D eigenvalue weighted by molar-refractivity contribution is 6.03. The summed E-state index contributed by atoms with van der Waals surface area (Å²) in [5.74, 6) is 0.976. The molecule has 1 aliphatic heterocycles. The van der Waals surface area contributed by atoms with Crippen LogP contribution < -0.4 is 4.90 Å². The highest BCUT2D eigenvalue weighted by Crippen LogP contribution is 2.48. The van der Waals surface area contributed by atoms with Crippen molar-refractivity contribution in [3.63, 3.8) is 0 Å². The Morgan fingerprint density at radius 3 is 2.08 bits per heavy atom. The molecule has 6 aromatic carbocycles. The highest BCUT2D eigenvalue weighted by atomic mass is 15.2. The molecule has 0 fully saturated rings. The fourth-order valence-corrected chi connectivity index (χ4v) is 6.23. The molecule has 0 atom stereocenters. The SMILES string of the molecule is CCN1c2c(-c3ccc(-c4ccc5ccccc5c4)cc3)cccc2-n2c(-c3ccccc3)nc3cccc1c32. The van der Waals surface area contributed by atoms with Crippen LogP contribution in [0.3, 0.4) is 0 Å². The van der Waals surface area contributed by atoms with Crippen molar-refractivity contribution in [1.82, 2.24) is 9.55 Å². The summed E-state index contributed by atoms with van der Waals surface area (Å²) >= 11 is 0. The molecule has 2 heterocycles. The number of hydrogen-bond donors (Lipinski definition) is 0. The summed E-state index contributed by atoms with van der Waals surface area (Å²) in [5, 5.41) is 2.53. The number of rotatable bonds is 4. The first kappa shape index (κ1) is 22.8. The van der Waals surface area contributed by atoms with Gasteiger partial charge in [-0.3, -0.25) is 4.57 Å². The molecule has 0 aliphatic carbocycles. The standard InChI is InChI=1S/C37H27N3/c1-2-39-33-16-9-15-32-36(33)40(37(38-32)28-11-4-3-5-12-28)34-17-8-14-31(35(34)39)27-21-18-26(19-22-27)30-23-20-25-10-6-7-13-29(25)24-30/h3-24H,2H2,1H3. The van der Waals surface area contributed by atoms with Crippen molar-refractivity contribution in [3.8, 4) is 39.3 Å². The van der Waals surface area contributed by atoms with Gasteiger partial charge in [0, 0.05) is 17.7 Å². The van der Waals surface area contributed by atoms with Gasteiger partial charge in [0.1, 0.15) is 5.82 Å². The van der Waals surface area contributed by atoms with Crippen LogP contribution in [-0.2, 0) is 0 Å². The summed E-state index contributed by atoms with van der Waals surface area (Å²) in [6, 6.07) is 47.9. The Bertz CT molecular complexity index is 2040. The second-order valence-electron chi connectivity index (χ2n) is 10.3. The molecule has 1 aliphatic rings. The Morgan fingerprint density at radius 1 is 0.550 bits per heavy atom. The quantitative estimate of drug-likeness (QED) is 0.234. The summed E-state index contributed by atoms with van der Waals surface area (Å²) in [6.07, 6.45) is 0. The van der Waals surface area contributed by atoms with Crippen molar-refractivity contribution in [3.05, 3.63) is 133 Å². The van der Waals surface area contributed by atoms with Crippen LogP contribution in [0, 0.1) is 0 Å². The van der Waals surface area contributed by atoms with Gasteiger partial charge in [-0.2, -0.15) is 0 Å². The Labute approximate surface area is 233 Å². The van der Waals surface area contributed by atoms with Gasteiger partial charge in [-0.25, -0.2) is 4.98 Å². The molecule has 1 aromatic heterocycles. The average Bonchev–Trinajstić information content (AvgIpc) is 3.42. The molecule has 0 saturated heterocycles. The lowest BCUT2D eigenvalue weighted by atomic mass is 9.96. The maximum Gasteiger partial charge on any atom is 0.145 e. The number of fused-ring (bicyclic) bond motifs is 3. The molecule has 0 radical (unpaired) electrons. The minimum absolute atomic E-state index is 0.865. The lowest BCUT2D eigenvalue weighted by Crippen LogP contribution is -2.23. The second kappa shape index (κ2) is 8.96. The van der Waals surface area contributed by atoms with Crippen molar-refractivity contribution < 1.29 is 0 Å². The van der Waals surface area contributed by atoms with Gasteiger partial charge in [-0.15, -0.1) is 0 Å². The lowest BCUT2D eigenvalue weighted by Gasteiger charge is -2.34. The first-order valence-corrected chi connectivity index (χ1v) is 13.9. The normalized spacial score (nSPS) is 12.2. The van der Waals surface area contributed by atoms with Crippen LogP contribution in [-0.4, -0.2) is 16.1 Å². The Morgan fingerprint density at radius 2 is 1.25 bits per heavy atom. The summed E-state index contributed by atoms with van der Waals surface area (Å²) in [4.78, 5) is 7.57. The fraction of sp³-hybridized carbons (Fsp3) is 0.0541. The molecule has 0 amide bonds. The fourth-order valence-electron chi connectivity index (χ4n) is 6.23. The van der Waals surface area contributed by atoms with E-state index in [0.29, 0.717) is 0 Å². The zero-order valence-electron chi connectivity index (χ0n) is 22.3. The van der Waals surface area contributed by atoms with Crippen LogP contribution in [0.4, 0.5) is 11.4 Å². The molecule has 0 unspecified atom stereocenters. The Kier molecular flexibility index (Phi) is 5.11. The van der Waals surface area contributed by atoms with Gasteiger partial charge in [-0.1, -0.05) is 109 Å². The van der Waals surface area contributed by atoms with E-state index in [9.17, 15) is 0 Å². The van der Waals surface area contributed by atoms with Crippen LogP contribution in [0.25, 0.3) is 61.1 Å². The topological polar surface area (TPSA) is 21.1 Å². The smallest absolute Gasteiger partial charge is 0.145 e. The first-order valence-electron chi connectivity index (χ1n) is 13.9. The maximum atomic E-state index is 5.13. The predicted molar refractivity (Wildman–Crippen MR) is 168 cm³/mol. The van der Waals surface area contributed by atoms with Crippen LogP contribution in [0.1, 0.15) is 6.92 Å². The Hall–Kier alpha value is -5.15. The van der Waals surface area contributed by atoms with Gasteiger partial charge in [0.2, 0.25) is 0 Å². The zero-order valence-corrected chi connectivity index (χ0v) is 22.3. The molecule has 8 rings (SSSR count). The molecule has 190 valence electrons. The van der Waals surface area contributed by atoms with Crippen LogP contribution in [0.5, 0.6) is 0 Å². The third-order valence-electron chi connectivity index (χ3n) is 8.10. The van der Waals surface area contributed by atoms with Crippen molar-refractivity contribution in [2.24, 2.45) is 0 Å². The second-order valence-corrected chi connectivity index (χ2v) is 10.3. The van der Waals surface area contributed by atoms with Gasteiger partial charge in [-0.05, 0) is 58.7 Å². The van der Waals surface area contributed by atoms with E-state index >= 15 is 0 Å². The molecular weight excluding hydrogens is 486 g/mol. The van der Waals surface area contributed by atoms with E-state index < -0.39 is 0 Å². The molecule has 40 heavy (non-hydrogen) atoms. The largest absolute Gasteiger partial charge is 0.338 e. The summed E-state index contributed by atoms with van der Waals surface area (Å²) in [6.45, 7) is 3.09. The molecule has 7 aromatic rings. The number of hydrogen-bond acceptors (Lipinski definition) is 2. The molecule has 3 nitrogen and oxygen atoms in total. The third-order valence-corrected chi connectivity index (χ3v) is 8.10. The number of para-hydroxylation sites is 2. The van der Waals surface area contributed by atoms with E-state index in [1.807, 2.05) is 0 Å². The molecule has 0 bridgehead atoms. The Balaban J connectivity index is 1.30. The van der Waals surface area contributed by atoms with E-state index in [-0.39, 0.29) is 0 Å². The van der Waals surface area contributed by atoms with Crippen molar-refractivity contribution >= 4 is 33.2 Å². The van der Waals surface area contributed by atoms with E-state index in [2.05, 4.69) is 150 Å². The van der Waals surface area contributed by atoms with Crippen LogP contribution in [0.15, 0.2) is 133 Å². The number of nitrogens with zero attached hydrogens (tertiary/aromatic N) is 3. The number of aromatic nitrogens is 2. The predicted octanol–water partition coefficient (Wildman–Crippen LogP) is 9.65. The summed E-state index contributed by atoms with van der Waals surface area (Å²) in [5.41, 5.74) is 11.8. The van der Waals surface area contributed by atoms with Crippen LogP contribution in [0.2, 0.25) is 0 Å². The molecule has 0 N–H and O–H groups in total. The number of benzene rings is 6. The maximum absolute atomic E-state index is 5.13. The molecule has 0 saturated carbocycles. The van der Waals surface area contributed by atoms with Gasteiger partial charge in [0.15, 0.2) is 0 Å².